The van der Waals surface area contributed by atoms with Gasteiger partial charge in [0.25, 0.3) is 5.91 Å². The molecule has 2 aromatic rings. The van der Waals surface area contributed by atoms with Gasteiger partial charge in [0.05, 0.1) is 12.6 Å². The average molecular weight is 388 g/mol. The number of amides is 2. The zero-order valence-electron chi connectivity index (χ0n) is 15.7. The first-order valence-electron chi connectivity index (χ1n) is 9.15. The number of para-hydroxylation sites is 1. The van der Waals surface area contributed by atoms with Crippen molar-refractivity contribution in [3.8, 4) is 5.75 Å². The number of hydrogen-bond donors (Lipinski definition) is 2. The predicted octanol–water partition coefficient (Wildman–Crippen LogP) is 3.36. The molecule has 0 aliphatic carbocycles. The number of halogens is 2. The molecule has 0 radical (unpaired) electrons. The molecule has 0 saturated carbocycles. The quantitative estimate of drug-likeness (QED) is 0.825. The van der Waals surface area contributed by atoms with E-state index < -0.39 is 35.1 Å². The van der Waals surface area contributed by atoms with Crippen LogP contribution >= 0.6 is 0 Å². The van der Waals surface area contributed by atoms with Crippen LogP contribution < -0.4 is 15.4 Å². The van der Waals surface area contributed by atoms with Crippen molar-refractivity contribution >= 4 is 11.8 Å². The molecule has 2 N–H and O–H groups in total. The van der Waals surface area contributed by atoms with E-state index in [-0.39, 0.29) is 12.0 Å². The number of nitrogens with one attached hydrogen (secondary N) is 2. The lowest BCUT2D eigenvalue weighted by atomic mass is 9.98. The van der Waals surface area contributed by atoms with Crippen molar-refractivity contribution in [3.63, 3.8) is 0 Å². The minimum Gasteiger partial charge on any atom is -0.493 e. The number of benzene rings is 2. The second-order valence-electron chi connectivity index (χ2n) is 7.03. The first-order chi connectivity index (χ1) is 13.4. The summed E-state index contributed by atoms with van der Waals surface area (Å²) >= 11 is 0. The molecular formula is C21H22F2N2O3. The molecule has 148 valence electrons. The maximum Gasteiger partial charge on any atom is 0.257 e. The SMILES string of the molecule is CC(C)[C@H](NC(=O)c1c(F)cccc1F)C(=O)N[C@H]1CCOc2ccccc21. The molecule has 0 aromatic heterocycles. The number of hydrogen-bond acceptors (Lipinski definition) is 3. The molecule has 0 fully saturated rings. The fourth-order valence-corrected chi connectivity index (χ4v) is 3.22. The van der Waals surface area contributed by atoms with Crippen molar-refractivity contribution in [2.45, 2.75) is 32.4 Å². The molecule has 1 aliphatic rings. The topological polar surface area (TPSA) is 67.4 Å². The van der Waals surface area contributed by atoms with Crippen LogP contribution in [0.2, 0.25) is 0 Å². The van der Waals surface area contributed by atoms with Crippen LogP contribution in [0.4, 0.5) is 8.78 Å². The maximum atomic E-state index is 13.9. The largest absolute Gasteiger partial charge is 0.493 e. The van der Waals surface area contributed by atoms with Gasteiger partial charge in [-0.25, -0.2) is 8.78 Å². The zero-order chi connectivity index (χ0) is 20.3. The third-order valence-electron chi connectivity index (χ3n) is 4.70. The van der Waals surface area contributed by atoms with Gasteiger partial charge in [0, 0.05) is 12.0 Å². The third kappa shape index (κ3) is 4.13. The highest BCUT2D eigenvalue weighted by molar-refractivity contribution is 5.98. The van der Waals surface area contributed by atoms with Crippen molar-refractivity contribution in [1.29, 1.82) is 0 Å². The van der Waals surface area contributed by atoms with E-state index in [4.69, 9.17) is 4.74 Å². The lowest BCUT2D eigenvalue weighted by Gasteiger charge is -2.29. The van der Waals surface area contributed by atoms with Gasteiger partial charge in [-0.2, -0.15) is 0 Å². The van der Waals surface area contributed by atoms with Crippen molar-refractivity contribution in [2.24, 2.45) is 5.92 Å². The second-order valence-corrected chi connectivity index (χ2v) is 7.03. The van der Waals surface area contributed by atoms with Crippen molar-refractivity contribution in [3.05, 3.63) is 65.2 Å². The van der Waals surface area contributed by atoms with Crippen LogP contribution in [0.3, 0.4) is 0 Å². The predicted molar refractivity (Wildman–Crippen MR) is 99.9 cm³/mol. The summed E-state index contributed by atoms with van der Waals surface area (Å²) in [5.74, 6) is -2.90. The normalized spacial score (nSPS) is 16.7. The molecule has 0 bridgehead atoms. The van der Waals surface area contributed by atoms with Crippen LogP contribution in [0.15, 0.2) is 42.5 Å². The molecule has 3 rings (SSSR count). The van der Waals surface area contributed by atoms with Crippen LogP contribution in [-0.2, 0) is 4.79 Å². The summed E-state index contributed by atoms with van der Waals surface area (Å²) in [5.41, 5.74) is 0.161. The number of fused-ring (bicyclic) bond motifs is 1. The highest BCUT2D eigenvalue weighted by Crippen LogP contribution is 2.31. The fraction of sp³-hybridized carbons (Fsp3) is 0.333. The van der Waals surface area contributed by atoms with Gasteiger partial charge in [-0.15, -0.1) is 0 Å². The van der Waals surface area contributed by atoms with E-state index >= 15 is 0 Å². The fourth-order valence-electron chi connectivity index (χ4n) is 3.22. The summed E-state index contributed by atoms with van der Waals surface area (Å²) in [7, 11) is 0. The van der Waals surface area contributed by atoms with Gasteiger partial charge >= 0.3 is 0 Å². The van der Waals surface area contributed by atoms with Crippen molar-refractivity contribution in [1.82, 2.24) is 10.6 Å². The Morgan fingerprint density at radius 2 is 1.75 bits per heavy atom. The molecule has 2 aromatic carbocycles. The van der Waals surface area contributed by atoms with E-state index in [1.54, 1.807) is 13.8 Å². The Kier molecular flexibility index (Phi) is 5.92. The Labute approximate surface area is 162 Å². The van der Waals surface area contributed by atoms with E-state index in [0.29, 0.717) is 18.8 Å². The zero-order valence-corrected chi connectivity index (χ0v) is 15.7. The minimum atomic E-state index is -0.973. The number of rotatable bonds is 5. The van der Waals surface area contributed by atoms with Gasteiger partial charge < -0.3 is 15.4 Å². The Balaban J connectivity index is 1.76. The van der Waals surface area contributed by atoms with Gasteiger partial charge in [0.15, 0.2) is 0 Å². The Hall–Kier alpha value is -2.96. The van der Waals surface area contributed by atoms with Gasteiger partial charge in [0.2, 0.25) is 5.91 Å². The highest BCUT2D eigenvalue weighted by atomic mass is 19.1. The Morgan fingerprint density at radius 3 is 2.43 bits per heavy atom. The summed E-state index contributed by atoms with van der Waals surface area (Å²) in [6.45, 7) is 3.96. The smallest absolute Gasteiger partial charge is 0.257 e. The van der Waals surface area contributed by atoms with E-state index in [1.807, 2.05) is 24.3 Å². The standard InChI is InChI=1S/C21H22F2N2O3/c1-12(2)19(25-20(26)18-14(22)7-5-8-15(18)23)21(27)24-16-10-11-28-17-9-4-3-6-13(16)17/h3-9,12,16,19H,10-11H2,1-2H3,(H,24,27)(H,25,26)/t16-,19-/m0/s1. The summed E-state index contributed by atoms with van der Waals surface area (Å²) in [4.78, 5) is 25.3. The monoisotopic (exact) mass is 388 g/mol. The summed E-state index contributed by atoms with van der Waals surface area (Å²) in [5, 5.41) is 5.39. The molecule has 0 unspecified atom stereocenters. The summed E-state index contributed by atoms with van der Waals surface area (Å²) in [6.07, 6.45) is 0.587. The molecule has 1 aliphatic heterocycles. The van der Waals surface area contributed by atoms with Gasteiger partial charge in [-0.1, -0.05) is 38.1 Å². The lowest BCUT2D eigenvalue weighted by Crippen LogP contribution is -2.51. The first-order valence-corrected chi connectivity index (χ1v) is 9.15. The molecule has 7 heteroatoms. The van der Waals surface area contributed by atoms with Gasteiger partial charge in [-0.3, -0.25) is 9.59 Å². The van der Waals surface area contributed by atoms with E-state index in [0.717, 1.165) is 17.7 Å². The van der Waals surface area contributed by atoms with Crippen molar-refractivity contribution in [2.75, 3.05) is 6.61 Å². The number of carbonyl (C=O) groups excluding carboxylic acids is 2. The Bertz CT molecular complexity index is 865. The summed E-state index contributed by atoms with van der Waals surface area (Å²) in [6, 6.07) is 9.38. The first kappa shape index (κ1) is 19.8. The number of ether oxygens (including phenoxy) is 1. The van der Waals surface area contributed by atoms with Crippen molar-refractivity contribution < 1.29 is 23.1 Å². The van der Waals surface area contributed by atoms with E-state index in [9.17, 15) is 18.4 Å². The minimum absolute atomic E-state index is 0.263. The van der Waals surface area contributed by atoms with Crippen LogP contribution in [0.1, 0.15) is 42.2 Å². The third-order valence-corrected chi connectivity index (χ3v) is 4.70. The van der Waals surface area contributed by atoms with Crippen LogP contribution in [0.25, 0.3) is 0 Å². The molecule has 0 spiro atoms. The summed E-state index contributed by atoms with van der Waals surface area (Å²) < 4.78 is 33.3. The molecule has 28 heavy (non-hydrogen) atoms. The van der Waals surface area contributed by atoms with Gasteiger partial charge in [0.1, 0.15) is 29.0 Å². The van der Waals surface area contributed by atoms with E-state index in [2.05, 4.69) is 10.6 Å². The van der Waals surface area contributed by atoms with Crippen LogP contribution in [0, 0.1) is 17.6 Å². The Morgan fingerprint density at radius 1 is 1.07 bits per heavy atom. The second kappa shape index (κ2) is 8.37. The molecule has 2 atom stereocenters. The average Bonchev–Trinajstić information content (AvgIpc) is 2.66. The van der Waals surface area contributed by atoms with Gasteiger partial charge in [-0.05, 0) is 24.1 Å². The van der Waals surface area contributed by atoms with Crippen LogP contribution in [0.5, 0.6) is 5.75 Å². The molecule has 2 amide bonds. The number of carbonyl (C=O) groups is 2. The molecule has 0 saturated heterocycles. The molecule has 1 heterocycles. The highest BCUT2D eigenvalue weighted by Gasteiger charge is 2.30. The molecular weight excluding hydrogens is 366 g/mol. The van der Waals surface area contributed by atoms with Crippen LogP contribution in [-0.4, -0.2) is 24.5 Å². The maximum absolute atomic E-state index is 13.9. The lowest BCUT2D eigenvalue weighted by molar-refractivity contribution is -0.124. The van der Waals surface area contributed by atoms with E-state index in [1.165, 1.54) is 6.07 Å². The molecule has 5 nitrogen and oxygen atoms in total.